The fraction of sp³-hybridized carbons (Fsp3) is 1.00. The Hall–Kier alpha value is -0.0800. The van der Waals surface area contributed by atoms with Gasteiger partial charge in [-0.25, -0.2) is 0 Å². The van der Waals surface area contributed by atoms with Gasteiger partial charge in [-0.15, -0.1) is 0 Å². The molecule has 3 rings (SSSR count). The monoisotopic (exact) mass is 208 g/mol. The van der Waals surface area contributed by atoms with Gasteiger partial charge in [0.15, 0.2) is 0 Å². The van der Waals surface area contributed by atoms with Crippen molar-refractivity contribution in [3.05, 3.63) is 0 Å². The molecule has 1 aliphatic carbocycles. The van der Waals surface area contributed by atoms with Gasteiger partial charge in [0, 0.05) is 32.2 Å². The molecule has 2 nitrogen and oxygen atoms in total. The number of fused-ring (bicyclic) bond motifs is 1. The second-order valence-electron chi connectivity index (χ2n) is 6.56. The molecule has 0 N–H and O–H groups in total. The lowest BCUT2D eigenvalue weighted by Crippen LogP contribution is -2.37. The number of nitrogens with zero attached hydrogens (tertiary/aromatic N) is 2. The molecule has 86 valence electrons. The summed E-state index contributed by atoms with van der Waals surface area (Å²) in [6.07, 6.45) is 2.97. The Kier molecular flexibility index (Phi) is 2.16. The number of hydrogen-bond donors (Lipinski definition) is 0. The summed E-state index contributed by atoms with van der Waals surface area (Å²) < 4.78 is 0. The molecule has 3 aliphatic rings. The smallest absolute Gasteiger partial charge is 0.00955 e. The Bertz CT molecular complexity index is 261. The molecule has 2 heterocycles. The zero-order valence-corrected chi connectivity index (χ0v) is 10.4. The first kappa shape index (κ1) is 10.1. The first-order chi connectivity index (χ1) is 7.08. The van der Waals surface area contributed by atoms with Crippen molar-refractivity contribution >= 4 is 0 Å². The van der Waals surface area contributed by atoms with Gasteiger partial charge >= 0.3 is 0 Å². The third-order valence-electron chi connectivity index (χ3n) is 5.05. The van der Waals surface area contributed by atoms with Gasteiger partial charge in [0.05, 0.1) is 0 Å². The van der Waals surface area contributed by atoms with Gasteiger partial charge in [-0.1, -0.05) is 6.92 Å². The molecule has 0 aromatic rings. The predicted octanol–water partition coefficient (Wildman–Crippen LogP) is 1.67. The van der Waals surface area contributed by atoms with E-state index in [0.29, 0.717) is 5.41 Å². The van der Waals surface area contributed by atoms with E-state index in [9.17, 15) is 0 Å². The van der Waals surface area contributed by atoms with Gasteiger partial charge in [-0.3, -0.25) is 4.90 Å². The largest absolute Gasteiger partial charge is 0.305 e. The second-order valence-corrected chi connectivity index (χ2v) is 6.56. The summed E-state index contributed by atoms with van der Waals surface area (Å²) in [5, 5.41) is 0. The first-order valence-corrected chi connectivity index (χ1v) is 6.51. The van der Waals surface area contributed by atoms with Crippen LogP contribution in [0.4, 0.5) is 0 Å². The van der Waals surface area contributed by atoms with Crippen LogP contribution in [0.5, 0.6) is 0 Å². The van der Waals surface area contributed by atoms with Crippen molar-refractivity contribution in [3.8, 4) is 0 Å². The average Bonchev–Trinajstić information content (AvgIpc) is 2.87. The molecule has 3 atom stereocenters. The number of hydrogen-bond acceptors (Lipinski definition) is 2. The number of likely N-dealkylation sites (tertiary alicyclic amines) is 2. The third-order valence-corrected chi connectivity index (χ3v) is 5.05. The van der Waals surface area contributed by atoms with Crippen LogP contribution in [0.25, 0.3) is 0 Å². The summed E-state index contributed by atoms with van der Waals surface area (Å²) >= 11 is 0. The highest BCUT2D eigenvalue weighted by Gasteiger charge is 2.50. The van der Waals surface area contributed by atoms with E-state index < -0.39 is 0 Å². The van der Waals surface area contributed by atoms with Crippen molar-refractivity contribution < 1.29 is 0 Å². The fourth-order valence-corrected chi connectivity index (χ4v) is 3.86. The van der Waals surface area contributed by atoms with Crippen LogP contribution in [0.3, 0.4) is 0 Å². The van der Waals surface area contributed by atoms with Crippen molar-refractivity contribution in [2.45, 2.75) is 32.7 Å². The van der Waals surface area contributed by atoms with Crippen LogP contribution >= 0.6 is 0 Å². The molecular weight excluding hydrogens is 184 g/mol. The van der Waals surface area contributed by atoms with Gasteiger partial charge in [-0.05, 0) is 44.1 Å². The van der Waals surface area contributed by atoms with E-state index >= 15 is 0 Å². The van der Waals surface area contributed by atoms with E-state index in [2.05, 4.69) is 30.7 Å². The minimum Gasteiger partial charge on any atom is -0.305 e. The van der Waals surface area contributed by atoms with E-state index in [1.165, 1.54) is 39.0 Å². The molecule has 0 amide bonds. The maximum atomic E-state index is 2.77. The lowest BCUT2D eigenvalue weighted by atomic mass is 9.83. The third kappa shape index (κ3) is 1.62. The summed E-state index contributed by atoms with van der Waals surface area (Å²) in [5.41, 5.74) is 0.595. The van der Waals surface area contributed by atoms with Crippen molar-refractivity contribution in [1.29, 1.82) is 0 Å². The van der Waals surface area contributed by atoms with Crippen LogP contribution in [0.2, 0.25) is 0 Å². The summed E-state index contributed by atoms with van der Waals surface area (Å²) in [6, 6.07) is 0.859. The molecule has 0 radical (unpaired) electrons. The lowest BCUT2D eigenvalue weighted by molar-refractivity contribution is 0.187. The van der Waals surface area contributed by atoms with E-state index in [4.69, 9.17) is 0 Å². The zero-order valence-electron chi connectivity index (χ0n) is 10.4. The fourth-order valence-electron chi connectivity index (χ4n) is 3.86. The molecule has 0 aromatic carbocycles. The normalized spacial score (nSPS) is 44.6. The Labute approximate surface area is 93.6 Å². The Balaban J connectivity index is 1.68. The maximum absolute atomic E-state index is 2.77. The minimum absolute atomic E-state index is 0.595. The SMILES string of the molecule is CC(C1CC1)N1C[C@@H]2CN(C)C[C@]2(C)C1. The summed E-state index contributed by atoms with van der Waals surface area (Å²) in [7, 11) is 2.28. The van der Waals surface area contributed by atoms with Crippen molar-refractivity contribution in [2.75, 3.05) is 33.2 Å². The molecule has 0 aromatic heterocycles. The first-order valence-electron chi connectivity index (χ1n) is 6.51. The van der Waals surface area contributed by atoms with Crippen LogP contribution < -0.4 is 0 Å². The summed E-state index contributed by atoms with van der Waals surface area (Å²) in [4.78, 5) is 5.29. The van der Waals surface area contributed by atoms with Crippen LogP contribution in [0, 0.1) is 17.3 Å². The van der Waals surface area contributed by atoms with E-state index in [0.717, 1.165) is 17.9 Å². The standard InChI is InChI=1S/C13H24N2/c1-10(11-4-5-11)15-7-12-6-14(3)8-13(12,2)9-15/h10-12H,4-9H2,1-3H3/t10?,12-,13+/m0/s1. The van der Waals surface area contributed by atoms with Crippen LogP contribution in [-0.2, 0) is 0 Å². The molecule has 1 saturated carbocycles. The van der Waals surface area contributed by atoms with Crippen molar-refractivity contribution in [1.82, 2.24) is 9.80 Å². The Morgan fingerprint density at radius 2 is 1.93 bits per heavy atom. The number of rotatable bonds is 2. The van der Waals surface area contributed by atoms with Crippen LogP contribution in [-0.4, -0.2) is 49.1 Å². The molecule has 15 heavy (non-hydrogen) atoms. The summed E-state index contributed by atoms with van der Waals surface area (Å²) in [6.45, 7) is 10.3. The quantitative estimate of drug-likeness (QED) is 0.681. The maximum Gasteiger partial charge on any atom is 0.00955 e. The van der Waals surface area contributed by atoms with E-state index in [-0.39, 0.29) is 0 Å². The molecule has 2 heteroatoms. The van der Waals surface area contributed by atoms with Gasteiger partial charge in [0.25, 0.3) is 0 Å². The molecule has 2 aliphatic heterocycles. The minimum atomic E-state index is 0.595. The molecule has 1 unspecified atom stereocenters. The summed E-state index contributed by atoms with van der Waals surface area (Å²) in [5.74, 6) is 1.97. The lowest BCUT2D eigenvalue weighted by Gasteiger charge is -2.28. The molecule has 0 spiro atoms. The predicted molar refractivity (Wildman–Crippen MR) is 62.9 cm³/mol. The highest BCUT2D eigenvalue weighted by molar-refractivity contribution is 5.03. The van der Waals surface area contributed by atoms with Gasteiger partial charge in [0.2, 0.25) is 0 Å². The van der Waals surface area contributed by atoms with Crippen LogP contribution in [0.15, 0.2) is 0 Å². The van der Waals surface area contributed by atoms with Gasteiger partial charge in [0.1, 0.15) is 0 Å². The highest BCUT2D eigenvalue weighted by atomic mass is 15.3. The second kappa shape index (κ2) is 3.21. The average molecular weight is 208 g/mol. The molecular formula is C13H24N2. The van der Waals surface area contributed by atoms with Gasteiger partial charge < -0.3 is 4.90 Å². The molecule has 2 saturated heterocycles. The highest BCUT2D eigenvalue weighted by Crippen LogP contribution is 2.45. The van der Waals surface area contributed by atoms with Gasteiger partial charge in [-0.2, -0.15) is 0 Å². The van der Waals surface area contributed by atoms with Crippen molar-refractivity contribution in [2.24, 2.45) is 17.3 Å². The topological polar surface area (TPSA) is 6.48 Å². The Morgan fingerprint density at radius 3 is 2.53 bits per heavy atom. The Morgan fingerprint density at radius 1 is 1.20 bits per heavy atom. The molecule has 0 bridgehead atoms. The zero-order chi connectivity index (χ0) is 10.6. The van der Waals surface area contributed by atoms with Crippen molar-refractivity contribution in [3.63, 3.8) is 0 Å². The van der Waals surface area contributed by atoms with Crippen LogP contribution in [0.1, 0.15) is 26.7 Å². The molecule has 3 fully saturated rings. The van der Waals surface area contributed by atoms with E-state index in [1.807, 2.05) is 0 Å². The van der Waals surface area contributed by atoms with E-state index in [1.54, 1.807) is 0 Å².